The first-order chi connectivity index (χ1) is 17.9. The molecular weight excluding hydrogens is 512 g/mol. The van der Waals surface area contributed by atoms with E-state index in [0.29, 0.717) is 36.5 Å². The van der Waals surface area contributed by atoms with Gasteiger partial charge in [-0.2, -0.15) is 9.97 Å². The number of nitrogens with one attached hydrogen (secondary N) is 3. The van der Waals surface area contributed by atoms with Crippen LogP contribution in [0.4, 0.5) is 4.79 Å². The summed E-state index contributed by atoms with van der Waals surface area (Å²) in [6.07, 6.45) is 5.24. The van der Waals surface area contributed by atoms with Crippen molar-refractivity contribution in [2.24, 2.45) is 0 Å². The van der Waals surface area contributed by atoms with Gasteiger partial charge in [0.15, 0.2) is 0 Å². The smallest absolute Gasteiger partial charge is 0.410 e. The van der Waals surface area contributed by atoms with E-state index < -0.39 is 5.60 Å². The Morgan fingerprint density at radius 2 is 1.58 bits per heavy atom. The highest BCUT2D eigenvalue weighted by atomic mass is 35.5. The highest BCUT2D eigenvalue weighted by Gasteiger charge is 2.33. The Morgan fingerprint density at radius 3 is 2.08 bits per heavy atom. The van der Waals surface area contributed by atoms with Crippen LogP contribution in [0.2, 0.25) is 0 Å². The second-order valence-electron chi connectivity index (χ2n) is 10.2. The van der Waals surface area contributed by atoms with Crippen LogP contribution in [-0.4, -0.2) is 73.0 Å². The fourth-order valence-electron chi connectivity index (χ4n) is 4.28. The van der Waals surface area contributed by atoms with Gasteiger partial charge in [-0.1, -0.05) is 10.3 Å². The average Bonchev–Trinajstić information content (AvgIpc) is 3.72. The van der Waals surface area contributed by atoms with Crippen LogP contribution in [0.3, 0.4) is 0 Å². The molecule has 2 fully saturated rings. The highest BCUT2D eigenvalue weighted by molar-refractivity contribution is 5.85. The van der Waals surface area contributed by atoms with Crippen molar-refractivity contribution in [3.8, 4) is 23.0 Å². The molecule has 0 aliphatic carbocycles. The summed E-state index contributed by atoms with van der Waals surface area (Å²) in [6.45, 7) is 8.73. The molecule has 1 amide bonds. The summed E-state index contributed by atoms with van der Waals surface area (Å²) in [7, 11) is 0. The summed E-state index contributed by atoms with van der Waals surface area (Å²) < 4.78 is 16.0. The molecule has 0 aromatic carbocycles. The van der Waals surface area contributed by atoms with Crippen molar-refractivity contribution in [2.45, 2.75) is 51.0 Å². The molecule has 13 heteroatoms. The van der Waals surface area contributed by atoms with E-state index in [2.05, 4.69) is 35.6 Å². The lowest BCUT2D eigenvalue weighted by molar-refractivity contribution is 0.0291. The number of amides is 1. The predicted molar refractivity (Wildman–Crippen MR) is 141 cm³/mol. The first-order valence-corrected chi connectivity index (χ1v) is 12.5. The van der Waals surface area contributed by atoms with E-state index >= 15 is 0 Å². The third-order valence-electron chi connectivity index (χ3n) is 6.16. The number of nitrogens with zero attached hydrogens (tertiary/aromatic N) is 5. The SMILES string of the molecule is CC(C)(C)OC(=O)N1CCC(c2nc(-c3ccc[nH]3)no2)C1.Cl.c1c[nH]c(-c2noc(C3CCNC3)n2)c1. The largest absolute Gasteiger partial charge is 0.444 e. The Bertz CT molecular complexity index is 1270. The van der Waals surface area contributed by atoms with E-state index in [-0.39, 0.29) is 24.4 Å². The summed E-state index contributed by atoms with van der Waals surface area (Å²) in [5.74, 6) is 2.92. The number of halogens is 1. The summed E-state index contributed by atoms with van der Waals surface area (Å²) in [5, 5.41) is 11.2. The molecule has 2 unspecified atom stereocenters. The molecule has 12 nitrogen and oxygen atoms in total. The number of aromatic amines is 2. The zero-order chi connectivity index (χ0) is 25.8. The third-order valence-corrected chi connectivity index (χ3v) is 6.16. The minimum atomic E-state index is -0.486. The Balaban J connectivity index is 0.000000184. The Morgan fingerprint density at radius 1 is 0.974 bits per heavy atom. The number of ether oxygens (including phenoxy) is 1. The van der Waals surface area contributed by atoms with Gasteiger partial charge in [0, 0.05) is 32.0 Å². The van der Waals surface area contributed by atoms with Crippen molar-refractivity contribution in [1.82, 2.24) is 40.5 Å². The molecule has 4 aromatic rings. The lowest BCUT2D eigenvalue weighted by atomic mass is 10.1. The van der Waals surface area contributed by atoms with Crippen LogP contribution >= 0.6 is 12.4 Å². The number of carbonyl (C=O) groups is 1. The van der Waals surface area contributed by atoms with Crippen LogP contribution < -0.4 is 5.32 Å². The molecule has 2 atom stereocenters. The van der Waals surface area contributed by atoms with Gasteiger partial charge in [0.25, 0.3) is 0 Å². The lowest BCUT2D eigenvalue weighted by Crippen LogP contribution is -2.35. The van der Waals surface area contributed by atoms with Gasteiger partial charge in [0.2, 0.25) is 23.4 Å². The highest BCUT2D eigenvalue weighted by Crippen LogP contribution is 2.28. The molecule has 6 rings (SSSR count). The molecule has 2 aliphatic heterocycles. The Hall–Kier alpha value is -3.64. The third kappa shape index (κ3) is 6.62. The van der Waals surface area contributed by atoms with E-state index in [4.69, 9.17) is 13.8 Å². The molecule has 0 saturated carbocycles. The molecule has 3 N–H and O–H groups in total. The van der Waals surface area contributed by atoms with E-state index in [1.165, 1.54) is 0 Å². The van der Waals surface area contributed by atoms with E-state index in [0.717, 1.165) is 43.2 Å². The quantitative estimate of drug-likeness (QED) is 0.340. The van der Waals surface area contributed by atoms with E-state index in [9.17, 15) is 4.79 Å². The number of aromatic nitrogens is 6. The molecule has 0 radical (unpaired) electrons. The molecule has 4 aromatic heterocycles. The molecule has 0 spiro atoms. The minimum absolute atomic E-state index is 0. The van der Waals surface area contributed by atoms with Crippen molar-refractivity contribution in [1.29, 1.82) is 0 Å². The summed E-state index contributed by atoms with van der Waals surface area (Å²) in [5.41, 5.74) is 1.23. The van der Waals surface area contributed by atoms with Gasteiger partial charge in [-0.3, -0.25) is 0 Å². The molecular formula is C25H33ClN8O4. The summed E-state index contributed by atoms with van der Waals surface area (Å²) in [4.78, 5) is 28.6. The second kappa shape index (κ2) is 11.8. The van der Waals surface area contributed by atoms with Crippen LogP contribution in [0, 0.1) is 0 Å². The Kier molecular flexibility index (Phi) is 8.52. The van der Waals surface area contributed by atoms with Gasteiger partial charge in [-0.15, -0.1) is 12.4 Å². The number of hydrogen-bond donors (Lipinski definition) is 3. The number of likely N-dealkylation sites (tertiary alicyclic amines) is 1. The van der Waals surface area contributed by atoms with Crippen molar-refractivity contribution >= 4 is 18.5 Å². The second-order valence-corrected chi connectivity index (χ2v) is 10.2. The topological polar surface area (TPSA) is 151 Å². The number of rotatable bonds is 4. The maximum Gasteiger partial charge on any atom is 0.410 e. The molecule has 0 bridgehead atoms. The standard InChI is InChI=1S/C15H20N4O3.C10H12N4O.ClH/c1-15(2,3)21-14(20)19-8-6-10(9-19)13-17-12(18-22-13)11-5-4-7-16-11;1-2-8(12-4-1)9-13-10(15-14-9)7-3-5-11-6-7;/h4-5,7,10,16H,6,8-9H2,1-3H3;1-2,4,7,11-12H,3,5-6H2;1H. The van der Waals surface area contributed by atoms with Crippen molar-refractivity contribution in [3.05, 3.63) is 48.4 Å². The van der Waals surface area contributed by atoms with Crippen LogP contribution in [0.15, 0.2) is 45.7 Å². The molecule has 2 saturated heterocycles. The monoisotopic (exact) mass is 544 g/mol. The zero-order valence-corrected chi connectivity index (χ0v) is 22.5. The van der Waals surface area contributed by atoms with Gasteiger partial charge < -0.3 is 34.0 Å². The summed E-state index contributed by atoms with van der Waals surface area (Å²) >= 11 is 0. The normalized spacial score (nSPS) is 19.1. The minimum Gasteiger partial charge on any atom is -0.444 e. The molecule has 38 heavy (non-hydrogen) atoms. The lowest BCUT2D eigenvalue weighted by Gasteiger charge is -2.24. The van der Waals surface area contributed by atoms with Crippen molar-refractivity contribution < 1.29 is 18.6 Å². The van der Waals surface area contributed by atoms with Gasteiger partial charge in [-0.25, -0.2) is 4.79 Å². The van der Waals surface area contributed by atoms with Gasteiger partial charge in [0.1, 0.15) is 5.60 Å². The number of carbonyl (C=O) groups excluding carboxylic acids is 1. The molecule has 204 valence electrons. The molecule has 6 heterocycles. The Labute approximate surface area is 226 Å². The number of hydrogen-bond acceptors (Lipinski definition) is 9. The summed E-state index contributed by atoms with van der Waals surface area (Å²) in [6, 6.07) is 7.62. The number of H-pyrrole nitrogens is 2. The maximum absolute atomic E-state index is 12.1. The predicted octanol–water partition coefficient (Wildman–Crippen LogP) is 4.35. The average molecular weight is 545 g/mol. The zero-order valence-electron chi connectivity index (χ0n) is 21.6. The van der Waals surface area contributed by atoms with E-state index in [1.807, 2.05) is 57.4 Å². The first-order valence-electron chi connectivity index (χ1n) is 12.5. The molecule has 2 aliphatic rings. The van der Waals surface area contributed by atoms with Gasteiger partial charge in [0.05, 0.1) is 23.2 Å². The van der Waals surface area contributed by atoms with Crippen LogP contribution in [-0.2, 0) is 4.74 Å². The fourth-order valence-corrected chi connectivity index (χ4v) is 4.28. The van der Waals surface area contributed by atoms with Crippen molar-refractivity contribution in [3.63, 3.8) is 0 Å². The van der Waals surface area contributed by atoms with Crippen LogP contribution in [0.5, 0.6) is 0 Å². The first kappa shape index (κ1) is 27.4. The van der Waals surface area contributed by atoms with Gasteiger partial charge >= 0.3 is 6.09 Å². The van der Waals surface area contributed by atoms with Crippen molar-refractivity contribution in [2.75, 3.05) is 26.2 Å². The van der Waals surface area contributed by atoms with E-state index in [1.54, 1.807) is 4.90 Å². The maximum atomic E-state index is 12.1. The fraction of sp³-hybridized carbons (Fsp3) is 0.480. The van der Waals surface area contributed by atoms with Crippen LogP contribution in [0.1, 0.15) is 57.2 Å². The van der Waals surface area contributed by atoms with Crippen LogP contribution in [0.25, 0.3) is 23.0 Å². The van der Waals surface area contributed by atoms with Gasteiger partial charge in [-0.05, 0) is 64.4 Å².